The second kappa shape index (κ2) is 4.01. The van der Waals surface area contributed by atoms with Gasteiger partial charge >= 0.3 is 6.09 Å². The topological polar surface area (TPSA) is 38.3 Å². The molecular weight excluding hydrogens is 142 g/mol. The van der Waals surface area contributed by atoms with E-state index in [2.05, 4.69) is 11.9 Å². The van der Waals surface area contributed by atoms with Crippen molar-refractivity contribution in [3.63, 3.8) is 0 Å². The van der Waals surface area contributed by atoms with E-state index < -0.39 is 6.09 Å². The van der Waals surface area contributed by atoms with E-state index in [0.717, 1.165) is 0 Å². The summed E-state index contributed by atoms with van der Waals surface area (Å²) in [6.07, 6.45) is 1.12. The molecule has 0 spiro atoms. The third kappa shape index (κ3) is 6.90. The molecule has 1 amide bonds. The van der Waals surface area contributed by atoms with Gasteiger partial charge in [0.25, 0.3) is 0 Å². The van der Waals surface area contributed by atoms with E-state index in [-0.39, 0.29) is 12.1 Å². The van der Waals surface area contributed by atoms with Crippen LogP contribution in [0.5, 0.6) is 0 Å². The first-order valence-electron chi connectivity index (χ1n) is 3.51. The first kappa shape index (κ1) is 10.0. The predicted octanol–water partition coefficient (Wildman–Crippen LogP) is 1.70. The molecule has 0 radical (unpaired) electrons. The molecule has 0 saturated carbocycles. The zero-order valence-electron chi connectivity index (χ0n) is 7.31. The van der Waals surface area contributed by atoms with Gasteiger partial charge in [-0.25, -0.2) is 4.79 Å². The van der Waals surface area contributed by atoms with Crippen LogP contribution >= 0.6 is 0 Å². The highest BCUT2D eigenvalue weighted by Crippen LogP contribution is 1.98. The minimum atomic E-state index is -0.405. The van der Waals surface area contributed by atoms with E-state index >= 15 is 0 Å². The van der Waals surface area contributed by atoms with Crippen molar-refractivity contribution < 1.29 is 9.53 Å². The molecule has 11 heavy (non-hydrogen) atoms. The molecule has 0 aliphatic rings. The molecule has 0 rings (SSSR count). The molecule has 64 valence electrons. The lowest BCUT2D eigenvalue weighted by atomic mass is 10.1. The Bertz CT molecular complexity index is 147. The number of hydrogen-bond donors (Lipinski definition) is 1. The third-order valence-corrected chi connectivity index (χ3v) is 0.809. The lowest BCUT2D eigenvalue weighted by Gasteiger charge is -2.19. The molecule has 0 fully saturated rings. The third-order valence-electron chi connectivity index (χ3n) is 0.809. The number of carbonyl (C=O) groups is 1. The Morgan fingerprint density at radius 2 is 2.18 bits per heavy atom. The Labute approximate surface area is 67.4 Å². The van der Waals surface area contributed by atoms with Crippen LogP contribution in [0.4, 0.5) is 4.79 Å². The average molecular weight is 157 g/mol. The molecule has 0 aliphatic heterocycles. The first-order valence-corrected chi connectivity index (χ1v) is 3.51. The summed E-state index contributed by atoms with van der Waals surface area (Å²) in [5.74, 6) is 0. The Kier molecular flexibility index (Phi) is 3.65. The molecule has 0 unspecified atom stereocenters. The molecule has 0 atom stereocenters. The molecule has 1 N–H and O–H groups in total. The molecule has 0 bridgehead atoms. The van der Waals surface area contributed by atoms with Gasteiger partial charge in [0, 0.05) is 5.54 Å². The molecule has 0 aromatic carbocycles. The lowest BCUT2D eigenvalue weighted by Crippen LogP contribution is -2.40. The molecule has 3 heteroatoms. The Morgan fingerprint density at radius 1 is 1.64 bits per heavy atom. The molecule has 0 aromatic rings. The van der Waals surface area contributed by atoms with Crippen molar-refractivity contribution in [1.29, 1.82) is 0 Å². The summed E-state index contributed by atoms with van der Waals surface area (Å²) in [6, 6.07) is 0. The summed E-state index contributed by atoms with van der Waals surface area (Å²) in [5, 5.41) is 2.64. The summed E-state index contributed by atoms with van der Waals surface area (Å²) >= 11 is 0. The highest BCUT2D eigenvalue weighted by atomic mass is 16.5. The normalized spacial score (nSPS) is 10.5. The number of amides is 1. The lowest BCUT2D eigenvalue weighted by molar-refractivity contribution is 0.149. The van der Waals surface area contributed by atoms with Gasteiger partial charge in [-0.2, -0.15) is 0 Å². The van der Waals surface area contributed by atoms with Gasteiger partial charge in [-0.15, -0.1) is 0 Å². The summed E-state index contributed by atoms with van der Waals surface area (Å²) < 4.78 is 4.70. The molecule has 3 nitrogen and oxygen atoms in total. The highest BCUT2D eigenvalue weighted by molar-refractivity contribution is 5.68. The summed E-state index contributed by atoms with van der Waals surface area (Å²) in [4.78, 5) is 10.8. The van der Waals surface area contributed by atoms with E-state index in [9.17, 15) is 4.79 Å². The van der Waals surface area contributed by atoms with Crippen LogP contribution in [0.15, 0.2) is 12.7 Å². The molecule has 0 saturated heterocycles. The van der Waals surface area contributed by atoms with Crippen molar-refractivity contribution in [3.8, 4) is 0 Å². The van der Waals surface area contributed by atoms with E-state index in [1.807, 2.05) is 20.8 Å². The van der Waals surface area contributed by atoms with Gasteiger partial charge in [0.1, 0.15) is 6.61 Å². The molecule has 0 aliphatic carbocycles. The Morgan fingerprint density at radius 3 is 2.55 bits per heavy atom. The number of alkyl carbamates (subject to hydrolysis) is 1. The van der Waals surface area contributed by atoms with Crippen LogP contribution in [-0.4, -0.2) is 18.2 Å². The fraction of sp³-hybridized carbons (Fsp3) is 0.625. The zero-order chi connectivity index (χ0) is 8.91. The fourth-order valence-corrected chi connectivity index (χ4v) is 0.477. The van der Waals surface area contributed by atoms with Crippen molar-refractivity contribution in [2.24, 2.45) is 0 Å². The fourth-order valence-electron chi connectivity index (χ4n) is 0.477. The van der Waals surface area contributed by atoms with E-state index in [1.54, 1.807) is 0 Å². The maximum Gasteiger partial charge on any atom is 0.407 e. The van der Waals surface area contributed by atoms with Crippen LogP contribution in [-0.2, 0) is 4.74 Å². The highest BCUT2D eigenvalue weighted by Gasteiger charge is 2.13. The Hall–Kier alpha value is -0.990. The SMILES string of the molecule is C=CCOC(=O)NC(C)(C)C. The van der Waals surface area contributed by atoms with Gasteiger partial charge in [-0.3, -0.25) is 0 Å². The van der Waals surface area contributed by atoms with Gasteiger partial charge in [-0.05, 0) is 20.8 Å². The van der Waals surface area contributed by atoms with Crippen LogP contribution in [0, 0.1) is 0 Å². The van der Waals surface area contributed by atoms with Crippen LogP contribution in [0.2, 0.25) is 0 Å². The second-order valence-electron chi connectivity index (χ2n) is 3.26. The summed E-state index contributed by atoms with van der Waals surface area (Å²) in [6.45, 7) is 9.35. The van der Waals surface area contributed by atoms with Crippen molar-refractivity contribution in [1.82, 2.24) is 5.32 Å². The molecule has 0 aromatic heterocycles. The standard InChI is InChI=1S/C8H15NO2/c1-5-6-11-7(10)9-8(2,3)4/h5H,1,6H2,2-4H3,(H,9,10). The number of ether oxygens (including phenoxy) is 1. The van der Waals surface area contributed by atoms with Crippen molar-refractivity contribution >= 4 is 6.09 Å². The van der Waals surface area contributed by atoms with Crippen molar-refractivity contribution in [2.45, 2.75) is 26.3 Å². The number of rotatable bonds is 2. The smallest absolute Gasteiger partial charge is 0.407 e. The first-order chi connectivity index (χ1) is 4.95. The minimum absolute atomic E-state index is 0.238. The average Bonchev–Trinajstić information content (AvgIpc) is 1.79. The van der Waals surface area contributed by atoms with E-state index in [0.29, 0.717) is 0 Å². The quantitative estimate of drug-likeness (QED) is 0.619. The van der Waals surface area contributed by atoms with E-state index in [4.69, 9.17) is 4.74 Å². The molecular formula is C8H15NO2. The summed E-state index contributed by atoms with van der Waals surface area (Å²) in [7, 11) is 0. The second-order valence-corrected chi connectivity index (χ2v) is 3.26. The van der Waals surface area contributed by atoms with Crippen molar-refractivity contribution in [2.75, 3.05) is 6.61 Å². The Balaban J connectivity index is 3.61. The maximum absolute atomic E-state index is 10.8. The van der Waals surface area contributed by atoms with Crippen LogP contribution < -0.4 is 5.32 Å². The number of hydrogen-bond acceptors (Lipinski definition) is 2. The molecule has 0 heterocycles. The van der Waals surface area contributed by atoms with Crippen LogP contribution in [0.1, 0.15) is 20.8 Å². The van der Waals surface area contributed by atoms with Gasteiger partial charge in [0.05, 0.1) is 0 Å². The van der Waals surface area contributed by atoms with Gasteiger partial charge in [0.15, 0.2) is 0 Å². The van der Waals surface area contributed by atoms with Crippen LogP contribution in [0.3, 0.4) is 0 Å². The zero-order valence-corrected chi connectivity index (χ0v) is 7.31. The maximum atomic E-state index is 10.8. The van der Waals surface area contributed by atoms with Gasteiger partial charge in [0.2, 0.25) is 0 Å². The number of nitrogens with one attached hydrogen (secondary N) is 1. The van der Waals surface area contributed by atoms with E-state index in [1.165, 1.54) is 6.08 Å². The predicted molar refractivity (Wildman–Crippen MR) is 44.4 cm³/mol. The minimum Gasteiger partial charge on any atom is -0.445 e. The van der Waals surface area contributed by atoms with Gasteiger partial charge in [-0.1, -0.05) is 12.7 Å². The monoisotopic (exact) mass is 157 g/mol. The van der Waals surface area contributed by atoms with Crippen molar-refractivity contribution in [3.05, 3.63) is 12.7 Å². The number of carbonyl (C=O) groups excluding carboxylic acids is 1. The van der Waals surface area contributed by atoms with Gasteiger partial charge < -0.3 is 10.1 Å². The van der Waals surface area contributed by atoms with Crippen LogP contribution in [0.25, 0.3) is 0 Å². The largest absolute Gasteiger partial charge is 0.445 e. The summed E-state index contributed by atoms with van der Waals surface area (Å²) in [5.41, 5.74) is -0.238.